The molecule has 0 saturated heterocycles. The van der Waals surface area contributed by atoms with Crippen LogP contribution in [-0.2, 0) is 4.79 Å². The Morgan fingerprint density at radius 1 is 1.10 bits per heavy atom. The van der Waals surface area contributed by atoms with E-state index in [4.69, 9.17) is 5.73 Å². The summed E-state index contributed by atoms with van der Waals surface area (Å²) in [6.45, 7) is 0. The largest absolute Gasteiger partial charge is 0.368 e. The number of fused-ring (bicyclic) bond motifs is 1. The zero-order valence-electron chi connectivity index (χ0n) is 11.5. The number of benzene rings is 2. The molecule has 2 aromatic carbocycles. The van der Waals surface area contributed by atoms with E-state index in [0.29, 0.717) is 6.04 Å². The molecule has 104 valence electrons. The van der Waals surface area contributed by atoms with Gasteiger partial charge in [0.2, 0.25) is 5.91 Å². The van der Waals surface area contributed by atoms with E-state index in [-0.39, 0.29) is 5.91 Å². The zero-order chi connectivity index (χ0) is 13.9. The highest BCUT2D eigenvalue weighted by molar-refractivity contribution is 5.92. The fraction of sp³-hybridized carbons (Fsp3) is 0.353. The first-order chi connectivity index (χ1) is 9.75. The third kappa shape index (κ3) is 2.54. The van der Waals surface area contributed by atoms with Gasteiger partial charge in [0.25, 0.3) is 0 Å². The summed E-state index contributed by atoms with van der Waals surface area (Å²) in [7, 11) is 0. The lowest BCUT2D eigenvalue weighted by atomic mass is 9.97. The average molecular weight is 268 g/mol. The van der Waals surface area contributed by atoms with Crippen molar-refractivity contribution in [1.29, 1.82) is 0 Å². The number of nitrogens with two attached hydrogens (primary N) is 1. The van der Waals surface area contributed by atoms with Crippen LogP contribution >= 0.6 is 0 Å². The first-order valence-corrected chi connectivity index (χ1v) is 7.29. The number of nitrogens with one attached hydrogen (secondary N) is 1. The van der Waals surface area contributed by atoms with Gasteiger partial charge in [0.15, 0.2) is 0 Å². The van der Waals surface area contributed by atoms with Crippen molar-refractivity contribution in [2.75, 3.05) is 0 Å². The highest BCUT2D eigenvalue weighted by atomic mass is 16.1. The molecule has 3 nitrogen and oxygen atoms in total. The van der Waals surface area contributed by atoms with Crippen LogP contribution in [0.2, 0.25) is 0 Å². The Balaban J connectivity index is 1.98. The van der Waals surface area contributed by atoms with Crippen molar-refractivity contribution >= 4 is 16.7 Å². The lowest BCUT2D eigenvalue weighted by Crippen LogP contribution is -2.38. The summed E-state index contributed by atoms with van der Waals surface area (Å²) in [6.07, 6.45) is 4.74. The van der Waals surface area contributed by atoms with Gasteiger partial charge in [0.05, 0.1) is 0 Å². The summed E-state index contributed by atoms with van der Waals surface area (Å²) >= 11 is 0. The maximum absolute atomic E-state index is 11.9. The second-order valence-corrected chi connectivity index (χ2v) is 5.55. The molecule has 2 aromatic rings. The average Bonchev–Trinajstić information content (AvgIpc) is 2.97. The second-order valence-electron chi connectivity index (χ2n) is 5.55. The Labute approximate surface area is 119 Å². The molecule has 20 heavy (non-hydrogen) atoms. The lowest BCUT2D eigenvalue weighted by molar-refractivity contribution is -0.120. The predicted molar refractivity (Wildman–Crippen MR) is 81.3 cm³/mol. The van der Waals surface area contributed by atoms with E-state index in [0.717, 1.165) is 29.2 Å². The van der Waals surface area contributed by atoms with Crippen LogP contribution in [0, 0.1) is 0 Å². The molecule has 3 N–H and O–H groups in total. The Morgan fingerprint density at radius 3 is 2.55 bits per heavy atom. The van der Waals surface area contributed by atoms with Gasteiger partial charge in [-0.15, -0.1) is 0 Å². The van der Waals surface area contributed by atoms with Crippen molar-refractivity contribution in [3.8, 4) is 0 Å². The molecule has 1 unspecified atom stereocenters. The number of rotatable bonds is 4. The van der Waals surface area contributed by atoms with Gasteiger partial charge in [-0.1, -0.05) is 55.3 Å². The van der Waals surface area contributed by atoms with E-state index in [1.165, 1.54) is 12.8 Å². The number of amides is 1. The van der Waals surface area contributed by atoms with Crippen LogP contribution in [0.3, 0.4) is 0 Å². The zero-order valence-corrected chi connectivity index (χ0v) is 11.5. The first kappa shape index (κ1) is 13.1. The van der Waals surface area contributed by atoms with Gasteiger partial charge in [0, 0.05) is 6.04 Å². The molecular weight excluding hydrogens is 248 g/mol. The molecule has 0 bridgehead atoms. The molecule has 0 spiro atoms. The maximum atomic E-state index is 11.9. The molecule has 0 heterocycles. The van der Waals surface area contributed by atoms with E-state index >= 15 is 0 Å². The molecule has 1 saturated carbocycles. The number of carbonyl (C=O) groups excluding carboxylic acids is 1. The van der Waals surface area contributed by atoms with Crippen molar-refractivity contribution in [2.45, 2.75) is 37.8 Å². The SMILES string of the molecule is NC(=O)C(NC1CCCC1)c1cccc2ccccc12. The highest BCUT2D eigenvalue weighted by Crippen LogP contribution is 2.27. The third-order valence-electron chi connectivity index (χ3n) is 4.18. The van der Waals surface area contributed by atoms with Crippen molar-refractivity contribution in [1.82, 2.24) is 5.32 Å². The Bertz CT molecular complexity index is 612. The molecular formula is C17H20N2O. The minimum Gasteiger partial charge on any atom is -0.368 e. The van der Waals surface area contributed by atoms with Gasteiger partial charge in [-0.2, -0.15) is 0 Å². The molecule has 1 aliphatic rings. The fourth-order valence-corrected chi connectivity index (χ4v) is 3.16. The van der Waals surface area contributed by atoms with Crippen LogP contribution in [-0.4, -0.2) is 11.9 Å². The summed E-state index contributed by atoms with van der Waals surface area (Å²) < 4.78 is 0. The van der Waals surface area contributed by atoms with Gasteiger partial charge in [-0.25, -0.2) is 0 Å². The second kappa shape index (κ2) is 5.63. The lowest BCUT2D eigenvalue weighted by Gasteiger charge is -2.22. The van der Waals surface area contributed by atoms with Crippen LogP contribution in [0.4, 0.5) is 0 Å². The Morgan fingerprint density at radius 2 is 1.80 bits per heavy atom. The van der Waals surface area contributed by atoms with E-state index in [1.807, 2.05) is 24.3 Å². The number of carbonyl (C=O) groups is 1. The predicted octanol–water partition coefficient (Wildman–Crippen LogP) is 2.90. The van der Waals surface area contributed by atoms with E-state index in [9.17, 15) is 4.79 Å². The fourth-order valence-electron chi connectivity index (χ4n) is 3.16. The van der Waals surface area contributed by atoms with Gasteiger partial charge >= 0.3 is 0 Å². The molecule has 0 radical (unpaired) electrons. The minimum absolute atomic E-state index is 0.298. The molecule has 0 aliphatic heterocycles. The third-order valence-corrected chi connectivity index (χ3v) is 4.18. The standard InChI is InChI=1S/C17H20N2O/c18-17(20)16(19-13-8-2-3-9-13)15-11-5-7-12-6-1-4-10-14(12)15/h1,4-7,10-11,13,16,19H,2-3,8-9H2,(H2,18,20). The van der Waals surface area contributed by atoms with Crippen molar-refractivity contribution in [2.24, 2.45) is 5.73 Å². The van der Waals surface area contributed by atoms with Crippen LogP contribution in [0.15, 0.2) is 42.5 Å². The van der Waals surface area contributed by atoms with Crippen LogP contribution in [0.5, 0.6) is 0 Å². The van der Waals surface area contributed by atoms with Crippen LogP contribution in [0.25, 0.3) is 10.8 Å². The molecule has 1 fully saturated rings. The quantitative estimate of drug-likeness (QED) is 0.895. The van der Waals surface area contributed by atoms with Crippen LogP contribution < -0.4 is 11.1 Å². The van der Waals surface area contributed by atoms with Crippen molar-refractivity contribution in [3.05, 3.63) is 48.0 Å². The topological polar surface area (TPSA) is 55.1 Å². The summed E-state index contributed by atoms with van der Waals surface area (Å²) in [5, 5.41) is 5.69. The normalized spacial score (nSPS) is 17.4. The molecule has 1 aliphatic carbocycles. The highest BCUT2D eigenvalue weighted by Gasteiger charge is 2.25. The van der Waals surface area contributed by atoms with Gasteiger partial charge in [-0.3, -0.25) is 10.1 Å². The number of hydrogen-bond donors (Lipinski definition) is 2. The van der Waals surface area contributed by atoms with Gasteiger partial charge in [-0.05, 0) is 29.2 Å². The van der Waals surface area contributed by atoms with Crippen LogP contribution in [0.1, 0.15) is 37.3 Å². The molecule has 1 amide bonds. The molecule has 3 rings (SSSR count). The van der Waals surface area contributed by atoms with Gasteiger partial charge < -0.3 is 5.73 Å². The first-order valence-electron chi connectivity index (χ1n) is 7.29. The minimum atomic E-state index is -0.399. The monoisotopic (exact) mass is 268 g/mol. The molecule has 1 atom stereocenters. The number of primary amides is 1. The smallest absolute Gasteiger partial charge is 0.239 e. The van der Waals surface area contributed by atoms with E-state index in [1.54, 1.807) is 0 Å². The summed E-state index contributed by atoms with van der Waals surface area (Å²) in [5.41, 5.74) is 6.62. The summed E-state index contributed by atoms with van der Waals surface area (Å²) in [6, 6.07) is 14.2. The maximum Gasteiger partial charge on any atom is 0.239 e. The van der Waals surface area contributed by atoms with E-state index < -0.39 is 6.04 Å². The van der Waals surface area contributed by atoms with Gasteiger partial charge in [0.1, 0.15) is 6.04 Å². The van der Waals surface area contributed by atoms with Crippen molar-refractivity contribution in [3.63, 3.8) is 0 Å². The summed E-state index contributed by atoms with van der Waals surface area (Å²) in [4.78, 5) is 11.9. The molecule has 0 aromatic heterocycles. The summed E-state index contributed by atoms with van der Waals surface area (Å²) in [5.74, 6) is -0.298. The molecule has 3 heteroatoms. The number of hydrogen-bond acceptors (Lipinski definition) is 2. The van der Waals surface area contributed by atoms with Crippen molar-refractivity contribution < 1.29 is 4.79 Å². The Kier molecular flexibility index (Phi) is 3.70. The Hall–Kier alpha value is -1.87. The van der Waals surface area contributed by atoms with E-state index in [2.05, 4.69) is 23.5 Å².